The normalized spacial score (nSPS) is 11.1. The molecule has 0 radical (unpaired) electrons. The lowest BCUT2D eigenvalue weighted by Crippen LogP contribution is -2.35. The molecule has 8 nitrogen and oxygen atoms in total. The standard InChI is InChI=1S/C17H19FN6O2S/c1-10(2)7-14-21-22-17(27-14)20-13(25)9-23(3)16(26)15-19-8-12-11(18)5-4-6-24(12)15/h4-6,8,10H,7,9H2,1-3H3,(H,20,22,25). The molecule has 0 spiro atoms. The third-order valence-corrected chi connectivity index (χ3v) is 4.60. The molecule has 0 aromatic carbocycles. The zero-order chi connectivity index (χ0) is 19.6. The molecule has 27 heavy (non-hydrogen) atoms. The van der Waals surface area contributed by atoms with Crippen LogP contribution in [0.5, 0.6) is 0 Å². The average molecular weight is 390 g/mol. The predicted octanol–water partition coefficient (Wildman–Crippen LogP) is 2.23. The molecular weight excluding hydrogens is 371 g/mol. The Hall–Kier alpha value is -2.88. The molecule has 0 aliphatic carbocycles. The van der Waals surface area contributed by atoms with Crippen molar-refractivity contribution < 1.29 is 14.0 Å². The summed E-state index contributed by atoms with van der Waals surface area (Å²) in [5.41, 5.74) is 0.199. The van der Waals surface area contributed by atoms with Crippen LogP contribution in [0, 0.1) is 11.7 Å². The van der Waals surface area contributed by atoms with Crippen LogP contribution >= 0.6 is 11.3 Å². The summed E-state index contributed by atoms with van der Waals surface area (Å²) in [6.07, 6.45) is 3.62. The molecule has 3 rings (SSSR count). The van der Waals surface area contributed by atoms with Crippen molar-refractivity contribution in [3.63, 3.8) is 0 Å². The Labute approximate surface area is 159 Å². The molecule has 3 aromatic heterocycles. The van der Waals surface area contributed by atoms with Crippen molar-refractivity contribution >= 4 is 33.8 Å². The number of rotatable bonds is 6. The third kappa shape index (κ3) is 4.27. The van der Waals surface area contributed by atoms with E-state index >= 15 is 0 Å². The van der Waals surface area contributed by atoms with Crippen LogP contribution in [0.2, 0.25) is 0 Å². The molecule has 0 atom stereocenters. The minimum Gasteiger partial charge on any atom is -0.330 e. The van der Waals surface area contributed by atoms with Crippen LogP contribution in [0.25, 0.3) is 5.52 Å². The average Bonchev–Trinajstić information content (AvgIpc) is 3.21. The van der Waals surface area contributed by atoms with Crippen LogP contribution in [-0.4, -0.2) is 49.9 Å². The quantitative estimate of drug-likeness (QED) is 0.697. The Balaban J connectivity index is 1.64. The van der Waals surface area contributed by atoms with Gasteiger partial charge in [0.05, 0.1) is 6.20 Å². The fourth-order valence-electron chi connectivity index (χ4n) is 2.50. The van der Waals surface area contributed by atoms with Gasteiger partial charge < -0.3 is 4.90 Å². The first-order valence-corrected chi connectivity index (χ1v) is 9.16. The molecule has 2 amide bonds. The summed E-state index contributed by atoms with van der Waals surface area (Å²) in [5.74, 6) is -0.883. The minimum absolute atomic E-state index is 0.0370. The number of imidazole rings is 1. The molecule has 0 aliphatic heterocycles. The van der Waals surface area contributed by atoms with E-state index in [4.69, 9.17) is 0 Å². The Morgan fingerprint density at radius 3 is 2.89 bits per heavy atom. The first-order valence-electron chi connectivity index (χ1n) is 8.34. The summed E-state index contributed by atoms with van der Waals surface area (Å²) in [7, 11) is 1.48. The van der Waals surface area contributed by atoms with E-state index in [1.54, 1.807) is 6.20 Å². The van der Waals surface area contributed by atoms with Crippen LogP contribution in [0.1, 0.15) is 29.5 Å². The zero-order valence-corrected chi connectivity index (χ0v) is 16.0. The second kappa shape index (κ2) is 7.78. The van der Waals surface area contributed by atoms with Crippen molar-refractivity contribution in [3.8, 4) is 0 Å². The van der Waals surface area contributed by atoms with Gasteiger partial charge in [-0.05, 0) is 18.1 Å². The van der Waals surface area contributed by atoms with E-state index in [9.17, 15) is 14.0 Å². The summed E-state index contributed by atoms with van der Waals surface area (Å²) in [4.78, 5) is 29.9. The SMILES string of the molecule is CC(C)Cc1nnc(NC(=O)CN(C)C(=O)c2ncc3c(F)cccn23)s1. The highest BCUT2D eigenvalue weighted by Gasteiger charge is 2.21. The van der Waals surface area contributed by atoms with Gasteiger partial charge in [0.1, 0.15) is 22.9 Å². The maximum atomic E-state index is 13.7. The van der Waals surface area contributed by atoms with Gasteiger partial charge in [-0.1, -0.05) is 25.2 Å². The number of aromatic nitrogens is 4. The van der Waals surface area contributed by atoms with Gasteiger partial charge >= 0.3 is 0 Å². The molecule has 0 fully saturated rings. The number of pyridine rings is 1. The van der Waals surface area contributed by atoms with Gasteiger partial charge in [0, 0.05) is 19.7 Å². The maximum Gasteiger partial charge on any atom is 0.290 e. The Morgan fingerprint density at radius 2 is 2.15 bits per heavy atom. The van der Waals surface area contributed by atoms with Crippen LogP contribution < -0.4 is 5.32 Å². The van der Waals surface area contributed by atoms with Crippen molar-refractivity contribution in [2.24, 2.45) is 5.92 Å². The lowest BCUT2D eigenvalue weighted by atomic mass is 10.1. The summed E-state index contributed by atoms with van der Waals surface area (Å²) in [6, 6.07) is 2.77. The smallest absolute Gasteiger partial charge is 0.290 e. The second-order valence-electron chi connectivity index (χ2n) is 6.50. The summed E-state index contributed by atoms with van der Waals surface area (Å²) < 4.78 is 15.1. The second-order valence-corrected chi connectivity index (χ2v) is 7.56. The third-order valence-electron chi connectivity index (χ3n) is 3.73. The Morgan fingerprint density at radius 1 is 1.37 bits per heavy atom. The minimum atomic E-state index is -0.492. The van der Waals surface area contributed by atoms with Crippen LogP contribution in [0.15, 0.2) is 24.5 Å². The molecule has 0 aliphatic rings. The van der Waals surface area contributed by atoms with E-state index in [0.717, 1.165) is 11.4 Å². The van der Waals surface area contributed by atoms with Gasteiger partial charge in [0.25, 0.3) is 5.91 Å². The largest absolute Gasteiger partial charge is 0.330 e. The van der Waals surface area contributed by atoms with Crippen molar-refractivity contribution in [1.29, 1.82) is 0 Å². The lowest BCUT2D eigenvalue weighted by molar-refractivity contribution is -0.116. The highest BCUT2D eigenvalue weighted by molar-refractivity contribution is 7.15. The van der Waals surface area contributed by atoms with Crippen LogP contribution in [0.4, 0.5) is 9.52 Å². The topological polar surface area (TPSA) is 92.5 Å². The number of nitrogens with one attached hydrogen (secondary N) is 1. The van der Waals surface area contributed by atoms with E-state index in [2.05, 4.69) is 34.3 Å². The summed E-state index contributed by atoms with van der Waals surface area (Å²) in [6.45, 7) is 3.96. The lowest BCUT2D eigenvalue weighted by Gasteiger charge is -2.15. The van der Waals surface area contributed by atoms with Crippen LogP contribution in [-0.2, 0) is 11.2 Å². The van der Waals surface area contributed by atoms with Crippen molar-refractivity contribution in [3.05, 3.63) is 41.2 Å². The van der Waals surface area contributed by atoms with Gasteiger partial charge in [-0.15, -0.1) is 10.2 Å². The zero-order valence-electron chi connectivity index (χ0n) is 15.1. The highest BCUT2D eigenvalue weighted by Crippen LogP contribution is 2.18. The molecule has 0 bridgehead atoms. The number of anilines is 1. The number of likely N-dealkylation sites (N-methyl/N-ethyl adjacent to an activating group) is 1. The Bertz CT molecular complexity index is 983. The molecule has 142 valence electrons. The molecule has 0 unspecified atom stereocenters. The fourth-order valence-corrected chi connectivity index (χ4v) is 3.47. The predicted molar refractivity (Wildman–Crippen MR) is 99.2 cm³/mol. The number of hydrogen-bond acceptors (Lipinski definition) is 6. The first kappa shape index (κ1) is 18.9. The molecular formula is C17H19FN6O2S. The number of carbonyl (C=O) groups excluding carboxylic acids is 2. The van der Waals surface area contributed by atoms with Crippen molar-refractivity contribution in [2.45, 2.75) is 20.3 Å². The summed E-state index contributed by atoms with van der Waals surface area (Å²) >= 11 is 1.31. The van der Waals surface area contributed by atoms with Crippen molar-refractivity contribution in [1.82, 2.24) is 24.5 Å². The molecule has 3 heterocycles. The van der Waals surface area contributed by atoms with Crippen molar-refractivity contribution in [2.75, 3.05) is 18.9 Å². The molecule has 1 N–H and O–H groups in total. The van der Waals surface area contributed by atoms with E-state index in [0.29, 0.717) is 11.0 Å². The number of carbonyl (C=O) groups is 2. The molecule has 10 heteroatoms. The van der Waals surface area contributed by atoms with E-state index in [1.165, 1.54) is 46.0 Å². The monoisotopic (exact) mass is 390 g/mol. The number of fused-ring (bicyclic) bond motifs is 1. The van der Waals surface area contributed by atoms with Gasteiger partial charge in [-0.25, -0.2) is 9.37 Å². The number of halogens is 1. The van der Waals surface area contributed by atoms with Gasteiger partial charge in [0.2, 0.25) is 16.9 Å². The number of nitrogens with zero attached hydrogens (tertiary/aromatic N) is 5. The van der Waals surface area contributed by atoms with Crippen LogP contribution in [0.3, 0.4) is 0 Å². The van der Waals surface area contributed by atoms with E-state index in [-0.39, 0.29) is 17.9 Å². The van der Waals surface area contributed by atoms with Gasteiger partial charge in [-0.3, -0.25) is 19.3 Å². The first-order chi connectivity index (χ1) is 12.8. The highest BCUT2D eigenvalue weighted by atomic mass is 32.1. The Kier molecular flexibility index (Phi) is 5.45. The fraction of sp³-hybridized carbons (Fsp3) is 0.353. The number of amides is 2. The van der Waals surface area contributed by atoms with E-state index < -0.39 is 17.6 Å². The number of hydrogen-bond donors (Lipinski definition) is 1. The maximum absolute atomic E-state index is 13.7. The van der Waals surface area contributed by atoms with Gasteiger partial charge in [0.15, 0.2) is 0 Å². The summed E-state index contributed by atoms with van der Waals surface area (Å²) in [5, 5.41) is 11.8. The molecule has 3 aromatic rings. The van der Waals surface area contributed by atoms with E-state index in [1.807, 2.05) is 0 Å². The molecule has 0 saturated carbocycles. The van der Waals surface area contributed by atoms with Gasteiger partial charge in [-0.2, -0.15) is 0 Å². The molecule has 0 saturated heterocycles.